The van der Waals surface area contributed by atoms with Gasteiger partial charge in [-0.3, -0.25) is 9.97 Å². The van der Waals surface area contributed by atoms with E-state index in [1.807, 2.05) is 45.2 Å². The fraction of sp³-hybridized carbons (Fsp3) is 0.286. The average Bonchev–Trinajstić information content (AvgIpc) is 2.42. The highest BCUT2D eigenvalue weighted by atomic mass is 14.9. The first-order chi connectivity index (χ1) is 8.34. The van der Waals surface area contributed by atoms with Crippen LogP contribution in [-0.4, -0.2) is 9.97 Å². The molecule has 0 bridgehead atoms. The van der Waals surface area contributed by atoms with Gasteiger partial charge in [-0.2, -0.15) is 0 Å². The first-order valence-corrected chi connectivity index (χ1v) is 5.90. The van der Waals surface area contributed by atoms with Crippen LogP contribution >= 0.6 is 0 Å². The minimum absolute atomic E-state index is 0.728. The van der Waals surface area contributed by atoms with Crippen molar-refractivity contribution in [3.63, 3.8) is 0 Å². The Morgan fingerprint density at radius 3 is 2.53 bits per heavy atom. The summed E-state index contributed by atoms with van der Waals surface area (Å²) in [5.74, 6) is 0. The van der Waals surface area contributed by atoms with Crippen molar-refractivity contribution in [1.82, 2.24) is 9.97 Å². The maximum Gasteiger partial charge on any atom is 0.0594 e. The van der Waals surface area contributed by atoms with Crippen LogP contribution in [0.2, 0.25) is 0 Å². The third kappa shape index (κ3) is 4.64. The minimum Gasteiger partial charge on any atom is -0.378 e. The molecule has 0 radical (unpaired) electrons. The lowest BCUT2D eigenvalue weighted by molar-refractivity contribution is 1.03. The van der Waals surface area contributed by atoms with Crippen molar-refractivity contribution in [3.8, 4) is 0 Å². The molecule has 2 rings (SSSR count). The Bertz CT molecular complexity index is 409. The number of aromatic nitrogens is 2. The molecule has 2 aromatic heterocycles. The molecule has 1 N–H and O–H groups in total. The second kappa shape index (κ2) is 7.39. The fourth-order valence-corrected chi connectivity index (χ4v) is 1.26. The SMILES string of the molecule is CC.Cc1ccc(CNc2cccnc2)nc1. The van der Waals surface area contributed by atoms with Crippen molar-refractivity contribution in [2.24, 2.45) is 0 Å². The van der Waals surface area contributed by atoms with E-state index in [9.17, 15) is 0 Å². The van der Waals surface area contributed by atoms with Crippen molar-refractivity contribution < 1.29 is 0 Å². The van der Waals surface area contributed by atoms with Gasteiger partial charge >= 0.3 is 0 Å². The number of rotatable bonds is 3. The molecule has 0 fully saturated rings. The first kappa shape index (κ1) is 13.2. The van der Waals surface area contributed by atoms with Gasteiger partial charge < -0.3 is 5.32 Å². The molecule has 3 heteroatoms. The number of hydrogen-bond acceptors (Lipinski definition) is 3. The van der Waals surface area contributed by atoms with E-state index in [2.05, 4.69) is 21.4 Å². The van der Waals surface area contributed by atoms with Gasteiger partial charge in [-0.1, -0.05) is 19.9 Å². The highest BCUT2D eigenvalue weighted by Gasteiger charge is 1.94. The lowest BCUT2D eigenvalue weighted by Crippen LogP contribution is -2.01. The summed E-state index contributed by atoms with van der Waals surface area (Å²) < 4.78 is 0. The van der Waals surface area contributed by atoms with Crippen LogP contribution < -0.4 is 5.32 Å². The molecule has 0 saturated heterocycles. The van der Waals surface area contributed by atoms with Gasteiger partial charge in [0.1, 0.15) is 0 Å². The zero-order chi connectivity index (χ0) is 12.5. The van der Waals surface area contributed by atoms with Crippen molar-refractivity contribution >= 4 is 5.69 Å². The van der Waals surface area contributed by atoms with Crippen LogP contribution in [0.15, 0.2) is 42.9 Å². The molecular formula is C14H19N3. The van der Waals surface area contributed by atoms with Crippen molar-refractivity contribution in [3.05, 3.63) is 54.1 Å². The van der Waals surface area contributed by atoms with Crippen LogP contribution in [0.25, 0.3) is 0 Å². The van der Waals surface area contributed by atoms with E-state index in [1.54, 1.807) is 12.4 Å². The number of pyridine rings is 2. The van der Waals surface area contributed by atoms with Crippen LogP contribution in [0.3, 0.4) is 0 Å². The predicted molar refractivity (Wildman–Crippen MR) is 71.9 cm³/mol. The van der Waals surface area contributed by atoms with Gasteiger partial charge in [-0.05, 0) is 30.7 Å². The summed E-state index contributed by atoms with van der Waals surface area (Å²) in [7, 11) is 0. The van der Waals surface area contributed by atoms with Gasteiger partial charge in [-0.25, -0.2) is 0 Å². The molecule has 0 saturated carbocycles. The predicted octanol–water partition coefficient (Wildman–Crippen LogP) is 3.42. The smallest absolute Gasteiger partial charge is 0.0594 e. The third-order valence-corrected chi connectivity index (χ3v) is 2.11. The molecule has 0 spiro atoms. The molecule has 17 heavy (non-hydrogen) atoms. The molecular weight excluding hydrogens is 210 g/mol. The first-order valence-electron chi connectivity index (χ1n) is 5.90. The number of nitrogens with one attached hydrogen (secondary N) is 1. The molecule has 0 atom stereocenters. The second-order valence-corrected chi connectivity index (χ2v) is 3.42. The molecule has 0 aliphatic carbocycles. The monoisotopic (exact) mass is 229 g/mol. The zero-order valence-electron chi connectivity index (χ0n) is 10.6. The summed E-state index contributed by atoms with van der Waals surface area (Å²) >= 11 is 0. The van der Waals surface area contributed by atoms with Crippen molar-refractivity contribution in [1.29, 1.82) is 0 Å². The maximum atomic E-state index is 4.31. The molecule has 90 valence electrons. The highest BCUT2D eigenvalue weighted by molar-refractivity contribution is 5.39. The molecule has 2 aromatic rings. The van der Waals surface area contributed by atoms with E-state index in [4.69, 9.17) is 0 Å². The van der Waals surface area contributed by atoms with Crippen molar-refractivity contribution in [2.75, 3.05) is 5.32 Å². The summed E-state index contributed by atoms with van der Waals surface area (Å²) in [4.78, 5) is 8.34. The summed E-state index contributed by atoms with van der Waals surface area (Å²) in [5.41, 5.74) is 3.23. The number of nitrogens with zero attached hydrogens (tertiary/aromatic N) is 2. The Morgan fingerprint density at radius 1 is 1.12 bits per heavy atom. The Morgan fingerprint density at radius 2 is 1.94 bits per heavy atom. The molecule has 2 heterocycles. The maximum absolute atomic E-state index is 4.31. The van der Waals surface area contributed by atoms with Gasteiger partial charge in [-0.15, -0.1) is 0 Å². The lowest BCUT2D eigenvalue weighted by atomic mass is 10.3. The Balaban J connectivity index is 0.000000686. The van der Waals surface area contributed by atoms with Gasteiger partial charge in [0.05, 0.1) is 17.9 Å². The van der Waals surface area contributed by atoms with E-state index in [-0.39, 0.29) is 0 Å². The minimum atomic E-state index is 0.728. The normalized spacial score (nSPS) is 9.12. The Hall–Kier alpha value is -1.90. The summed E-state index contributed by atoms with van der Waals surface area (Å²) in [6.45, 7) is 6.76. The number of hydrogen-bond donors (Lipinski definition) is 1. The molecule has 0 unspecified atom stereocenters. The van der Waals surface area contributed by atoms with Crippen molar-refractivity contribution in [2.45, 2.75) is 27.3 Å². The van der Waals surface area contributed by atoms with Crippen LogP contribution in [0.5, 0.6) is 0 Å². The quantitative estimate of drug-likeness (QED) is 0.876. The van der Waals surface area contributed by atoms with E-state index in [0.29, 0.717) is 0 Å². The van der Waals surface area contributed by atoms with E-state index in [1.165, 1.54) is 5.56 Å². The van der Waals surface area contributed by atoms with Crippen LogP contribution in [-0.2, 0) is 6.54 Å². The largest absolute Gasteiger partial charge is 0.378 e. The highest BCUT2D eigenvalue weighted by Crippen LogP contribution is 2.05. The second-order valence-electron chi connectivity index (χ2n) is 3.42. The van der Waals surface area contributed by atoms with Crippen LogP contribution in [0, 0.1) is 6.92 Å². The van der Waals surface area contributed by atoms with Crippen LogP contribution in [0.4, 0.5) is 5.69 Å². The molecule has 0 aliphatic heterocycles. The topological polar surface area (TPSA) is 37.8 Å². The fourth-order valence-electron chi connectivity index (χ4n) is 1.26. The van der Waals surface area contributed by atoms with E-state index >= 15 is 0 Å². The molecule has 0 aromatic carbocycles. The van der Waals surface area contributed by atoms with Gasteiger partial charge in [0.25, 0.3) is 0 Å². The molecule has 3 nitrogen and oxygen atoms in total. The Labute approximate surface area is 103 Å². The average molecular weight is 229 g/mol. The third-order valence-electron chi connectivity index (χ3n) is 2.11. The summed E-state index contributed by atoms with van der Waals surface area (Å²) in [5, 5.41) is 3.26. The van der Waals surface area contributed by atoms with Crippen LogP contribution in [0.1, 0.15) is 25.1 Å². The van der Waals surface area contributed by atoms with Gasteiger partial charge in [0.2, 0.25) is 0 Å². The lowest BCUT2D eigenvalue weighted by Gasteiger charge is -2.04. The van der Waals surface area contributed by atoms with Gasteiger partial charge in [0, 0.05) is 18.6 Å². The number of anilines is 1. The number of aryl methyl sites for hydroxylation is 1. The Kier molecular flexibility index (Phi) is 5.72. The summed E-state index contributed by atoms with van der Waals surface area (Å²) in [6, 6.07) is 7.98. The van der Waals surface area contributed by atoms with E-state index < -0.39 is 0 Å². The van der Waals surface area contributed by atoms with Gasteiger partial charge in [0.15, 0.2) is 0 Å². The zero-order valence-corrected chi connectivity index (χ0v) is 10.6. The standard InChI is InChI=1S/C12H13N3.C2H6/c1-10-4-5-12(14-7-10)9-15-11-3-2-6-13-8-11;1-2/h2-8,15H,9H2,1H3;1-2H3. The molecule has 0 aliphatic rings. The molecule has 0 amide bonds. The van der Waals surface area contributed by atoms with E-state index in [0.717, 1.165) is 17.9 Å². The summed E-state index contributed by atoms with van der Waals surface area (Å²) in [6.07, 6.45) is 5.43.